The molecule has 0 rings (SSSR count). The molecule has 0 heterocycles. The predicted octanol–water partition coefficient (Wildman–Crippen LogP) is 0.925. The second-order valence-corrected chi connectivity index (χ2v) is 6.97. The van der Waals surface area contributed by atoms with E-state index in [0.29, 0.717) is 6.42 Å². The Balaban J connectivity index is 3.47. The van der Waals surface area contributed by atoms with E-state index in [1.54, 1.807) is 18.7 Å². The summed E-state index contributed by atoms with van der Waals surface area (Å²) in [6.45, 7) is 3.75. The Kier molecular flexibility index (Phi) is 6.81. The van der Waals surface area contributed by atoms with Gasteiger partial charge in [0, 0.05) is 11.0 Å². The first kappa shape index (κ1) is 13.3. The van der Waals surface area contributed by atoms with Gasteiger partial charge in [-0.3, -0.25) is 0 Å². The minimum Gasteiger partial charge on any atom is -0.395 e. The number of hydrogen-bond donors (Lipinski definition) is 1. The zero-order valence-corrected chi connectivity index (χ0v) is 9.83. The number of aliphatic hydroxyl groups is 1. The molecular formula is C8H18O3S2. The fraction of sp³-hybridized carbons (Fsp3) is 1.00. The Hall–Kier alpha value is 0.260. The van der Waals surface area contributed by atoms with E-state index in [0.717, 1.165) is 5.75 Å². The zero-order chi connectivity index (χ0) is 10.3. The van der Waals surface area contributed by atoms with Crippen LogP contribution in [0.2, 0.25) is 0 Å². The number of rotatable bonds is 7. The second kappa shape index (κ2) is 6.68. The molecule has 0 aliphatic carbocycles. The van der Waals surface area contributed by atoms with E-state index < -0.39 is 9.84 Å². The normalized spacial score (nSPS) is 14.4. The van der Waals surface area contributed by atoms with E-state index in [4.69, 9.17) is 5.11 Å². The van der Waals surface area contributed by atoms with Gasteiger partial charge >= 0.3 is 0 Å². The van der Waals surface area contributed by atoms with E-state index in [9.17, 15) is 8.42 Å². The molecule has 5 heteroatoms. The molecule has 13 heavy (non-hydrogen) atoms. The molecule has 0 radical (unpaired) electrons. The van der Waals surface area contributed by atoms with E-state index in [1.807, 2.05) is 6.92 Å². The molecule has 0 saturated heterocycles. The van der Waals surface area contributed by atoms with Crippen molar-refractivity contribution < 1.29 is 13.5 Å². The van der Waals surface area contributed by atoms with Crippen LogP contribution in [0.5, 0.6) is 0 Å². The van der Waals surface area contributed by atoms with E-state index in [-0.39, 0.29) is 23.4 Å². The Labute approximate surface area is 84.8 Å². The molecule has 0 saturated carbocycles. The van der Waals surface area contributed by atoms with Gasteiger partial charge in [0.05, 0.1) is 12.4 Å². The summed E-state index contributed by atoms with van der Waals surface area (Å²) in [4.78, 5) is 0. The standard InChI is InChI=1S/C8H18O3S2/c1-3-13(10,11)6-4-5-12-8(2)7-9/h8-9H,3-7H2,1-2H3. The monoisotopic (exact) mass is 226 g/mol. The third-order valence-electron chi connectivity index (χ3n) is 1.70. The third-order valence-corrected chi connectivity index (χ3v) is 4.73. The number of thioether (sulfide) groups is 1. The lowest BCUT2D eigenvalue weighted by Gasteiger charge is -2.06. The Morgan fingerprint density at radius 3 is 2.54 bits per heavy atom. The summed E-state index contributed by atoms with van der Waals surface area (Å²) in [7, 11) is -2.80. The van der Waals surface area contributed by atoms with Crippen molar-refractivity contribution in [1.82, 2.24) is 0 Å². The van der Waals surface area contributed by atoms with Gasteiger partial charge in [0.15, 0.2) is 0 Å². The summed E-state index contributed by atoms with van der Waals surface area (Å²) in [6, 6.07) is 0. The van der Waals surface area contributed by atoms with Gasteiger partial charge in [0.1, 0.15) is 9.84 Å². The molecule has 0 aliphatic heterocycles. The molecule has 0 aromatic rings. The summed E-state index contributed by atoms with van der Waals surface area (Å²) in [5, 5.41) is 8.91. The lowest BCUT2D eigenvalue weighted by atomic mass is 10.5. The SMILES string of the molecule is CCS(=O)(=O)CCCSC(C)CO. The van der Waals surface area contributed by atoms with Gasteiger partial charge in [0.2, 0.25) is 0 Å². The number of hydrogen-bond acceptors (Lipinski definition) is 4. The molecule has 0 aromatic carbocycles. The van der Waals surface area contributed by atoms with Crippen LogP contribution in [-0.4, -0.2) is 42.6 Å². The summed E-state index contributed by atoms with van der Waals surface area (Å²) < 4.78 is 22.1. The Morgan fingerprint density at radius 1 is 1.46 bits per heavy atom. The van der Waals surface area contributed by atoms with Crippen LogP contribution in [0.15, 0.2) is 0 Å². The van der Waals surface area contributed by atoms with Gasteiger partial charge < -0.3 is 5.11 Å². The van der Waals surface area contributed by atoms with Gasteiger partial charge in [0.25, 0.3) is 0 Å². The molecule has 1 unspecified atom stereocenters. The van der Waals surface area contributed by atoms with Crippen LogP contribution >= 0.6 is 11.8 Å². The smallest absolute Gasteiger partial charge is 0.150 e. The largest absolute Gasteiger partial charge is 0.395 e. The first-order valence-electron chi connectivity index (χ1n) is 4.44. The molecule has 1 atom stereocenters. The van der Waals surface area contributed by atoms with Crippen molar-refractivity contribution in [2.45, 2.75) is 25.5 Å². The van der Waals surface area contributed by atoms with Crippen LogP contribution in [0.3, 0.4) is 0 Å². The first-order chi connectivity index (χ1) is 6.02. The molecule has 0 fully saturated rings. The molecule has 3 nitrogen and oxygen atoms in total. The maximum absolute atomic E-state index is 11.1. The summed E-state index contributed by atoms with van der Waals surface area (Å²) in [5.41, 5.74) is 0. The molecule has 1 N–H and O–H groups in total. The van der Waals surface area contributed by atoms with Crippen molar-refractivity contribution in [3.63, 3.8) is 0 Å². The van der Waals surface area contributed by atoms with Gasteiger partial charge in [-0.05, 0) is 12.2 Å². The van der Waals surface area contributed by atoms with Gasteiger partial charge in [-0.25, -0.2) is 8.42 Å². The average Bonchev–Trinajstić information content (AvgIpc) is 2.12. The zero-order valence-electron chi connectivity index (χ0n) is 8.19. The average molecular weight is 226 g/mol. The van der Waals surface area contributed by atoms with E-state index in [1.165, 1.54) is 0 Å². The van der Waals surface area contributed by atoms with Crippen LogP contribution in [-0.2, 0) is 9.84 Å². The summed E-state index contributed by atoms with van der Waals surface area (Å²) >= 11 is 1.61. The van der Waals surface area contributed by atoms with Crippen molar-refractivity contribution in [3.05, 3.63) is 0 Å². The number of sulfone groups is 1. The van der Waals surface area contributed by atoms with Crippen LogP contribution in [0.1, 0.15) is 20.3 Å². The van der Waals surface area contributed by atoms with Crippen LogP contribution in [0.4, 0.5) is 0 Å². The van der Waals surface area contributed by atoms with Crippen LogP contribution in [0.25, 0.3) is 0 Å². The van der Waals surface area contributed by atoms with Crippen molar-refractivity contribution in [3.8, 4) is 0 Å². The Bertz CT molecular complexity index is 211. The first-order valence-corrected chi connectivity index (χ1v) is 7.31. The topological polar surface area (TPSA) is 54.4 Å². The maximum atomic E-state index is 11.1. The van der Waals surface area contributed by atoms with Crippen LogP contribution < -0.4 is 0 Å². The molecule has 0 amide bonds. The van der Waals surface area contributed by atoms with Gasteiger partial charge in [-0.2, -0.15) is 11.8 Å². The minimum atomic E-state index is -2.80. The number of aliphatic hydroxyl groups excluding tert-OH is 1. The van der Waals surface area contributed by atoms with Crippen molar-refractivity contribution in [2.75, 3.05) is 23.9 Å². The van der Waals surface area contributed by atoms with E-state index in [2.05, 4.69) is 0 Å². The molecule has 0 bridgehead atoms. The molecule has 0 aromatic heterocycles. The highest BCUT2D eigenvalue weighted by Crippen LogP contribution is 2.11. The minimum absolute atomic E-state index is 0.158. The van der Waals surface area contributed by atoms with Crippen molar-refractivity contribution >= 4 is 21.6 Å². The van der Waals surface area contributed by atoms with E-state index >= 15 is 0 Å². The quantitative estimate of drug-likeness (QED) is 0.656. The lowest BCUT2D eigenvalue weighted by Crippen LogP contribution is -2.10. The lowest BCUT2D eigenvalue weighted by molar-refractivity contribution is 0.300. The molecule has 0 aliphatic rings. The highest BCUT2D eigenvalue weighted by Gasteiger charge is 2.07. The summed E-state index contributed by atoms with van der Waals surface area (Å²) in [5.74, 6) is 1.31. The highest BCUT2D eigenvalue weighted by atomic mass is 32.2. The van der Waals surface area contributed by atoms with Crippen LogP contribution in [0, 0.1) is 0 Å². The predicted molar refractivity (Wildman–Crippen MR) is 58.0 cm³/mol. The van der Waals surface area contributed by atoms with Gasteiger partial charge in [-0.1, -0.05) is 13.8 Å². The summed E-state index contributed by atoms with van der Waals surface area (Å²) in [6.07, 6.45) is 0.686. The van der Waals surface area contributed by atoms with Gasteiger partial charge in [-0.15, -0.1) is 0 Å². The third kappa shape index (κ3) is 7.34. The highest BCUT2D eigenvalue weighted by molar-refractivity contribution is 7.99. The molecule has 80 valence electrons. The Morgan fingerprint density at radius 2 is 2.08 bits per heavy atom. The molecular weight excluding hydrogens is 208 g/mol. The fourth-order valence-corrected chi connectivity index (χ4v) is 2.63. The fourth-order valence-electron chi connectivity index (χ4n) is 0.760. The second-order valence-electron chi connectivity index (χ2n) is 2.95. The van der Waals surface area contributed by atoms with Crippen molar-refractivity contribution in [1.29, 1.82) is 0 Å². The van der Waals surface area contributed by atoms with Crippen molar-refractivity contribution in [2.24, 2.45) is 0 Å². The maximum Gasteiger partial charge on any atom is 0.150 e. The molecule has 0 spiro atoms.